The first-order valence-corrected chi connectivity index (χ1v) is 10.7. The number of benzene rings is 2. The summed E-state index contributed by atoms with van der Waals surface area (Å²) in [5, 5.41) is 11.9. The molecule has 29 heavy (non-hydrogen) atoms. The highest BCUT2D eigenvalue weighted by Crippen LogP contribution is 2.19. The Hall–Kier alpha value is -2.80. The maximum absolute atomic E-state index is 13.9. The molecule has 2 aromatic rings. The molecule has 0 bridgehead atoms. The topological polar surface area (TPSA) is 94.7 Å². The number of carbonyl (C=O) groups excluding carboxylic acids is 1. The van der Waals surface area contributed by atoms with Crippen molar-refractivity contribution in [3.05, 3.63) is 59.9 Å². The molecule has 1 fully saturated rings. The van der Waals surface area contributed by atoms with E-state index in [9.17, 15) is 17.6 Å². The average molecular weight is 417 g/mol. The van der Waals surface area contributed by atoms with Crippen LogP contribution < -0.4 is 10.2 Å². The fraction of sp³-hybridized carbons (Fsp3) is 0.300. The Labute approximate surface area is 169 Å². The van der Waals surface area contributed by atoms with Crippen LogP contribution in [0.4, 0.5) is 10.1 Å². The molecule has 0 unspecified atom stereocenters. The summed E-state index contributed by atoms with van der Waals surface area (Å²) < 4.78 is 40.6. The number of hydrogen-bond donors (Lipinski definition) is 2. The van der Waals surface area contributed by atoms with Crippen LogP contribution in [0.3, 0.4) is 0 Å². The van der Waals surface area contributed by atoms with Crippen molar-refractivity contribution >= 4 is 21.6 Å². The van der Waals surface area contributed by atoms with Gasteiger partial charge in [0.25, 0.3) is 5.91 Å². The maximum atomic E-state index is 13.9. The number of quaternary nitrogens is 1. The highest BCUT2D eigenvalue weighted by atomic mass is 32.2. The second kappa shape index (κ2) is 8.69. The number of hydrogen-bond acceptors (Lipinski definition) is 4. The predicted octanol–water partition coefficient (Wildman–Crippen LogP) is 0.614. The zero-order valence-electron chi connectivity index (χ0n) is 15.9. The molecule has 2 aromatic carbocycles. The summed E-state index contributed by atoms with van der Waals surface area (Å²) in [5.74, 6) is -1.01. The molecule has 7 nitrogen and oxygen atoms in total. The lowest BCUT2D eigenvalue weighted by Crippen LogP contribution is -3.19. The van der Waals surface area contributed by atoms with Crippen LogP contribution in [0.15, 0.2) is 53.4 Å². The number of carbonyl (C=O) groups is 1. The summed E-state index contributed by atoms with van der Waals surface area (Å²) in [4.78, 5) is 13.2. The molecule has 3 rings (SSSR count). The smallest absolute Gasteiger partial charge is 0.282 e. The van der Waals surface area contributed by atoms with Crippen molar-refractivity contribution in [2.75, 3.05) is 31.5 Å². The average Bonchev–Trinajstić information content (AvgIpc) is 2.73. The fourth-order valence-electron chi connectivity index (χ4n) is 3.36. The molecule has 0 aromatic heterocycles. The fourth-order valence-corrected chi connectivity index (χ4v) is 4.86. The van der Waals surface area contributed by atoms with Gasteiger partial charge in [0.05, 0.1) is 37.4 Å². The lowest BCUT2D eigenvalue weighted by atomic mass is 10.1. The Kier molecular flexibility index (Phi) is 6.27. The minimum Gasteiger partial charge on any atom is -0.323 e. The third-order valence-electron chi connectivity index (χ3n) is 5.13. The molecule has 9 heteroatoms. The second-order valence-corrected chi connectivity index (χ2v) is 8.77. The number of anilines is 1. The maximum Gasteiger partial charge on any atom is 0.282 e. The summed E-state index contributed by atoms with van der Waals surface area (Å²) in [6, 6.07) is 13.7. The zero-order chi connectivity index (χ0) is 21.0. The van der Waals surface area contributed by atoms with E-state index in [2.05, 4.69) is 5.32 Å². The molecule has 1 atom stereocenters. The molecule has 1 aliphatic heterocycles. The van der Waals surface area contributed by atoms with Gasteiger partial charge in [-0.25, -0.2) is 12.8 Å². The molecule has 2 N–H and O–H groups in total. The van der Waals surface area contributed by atoms with Crippen molar-refractivity contribution in [3.8, 4) is 6.07 Å². The van der Waals surface area contributed by atoms with Crippen molar-refractivity contribution in [2.24, 2.45) is 0 Å². The van der Waals surface area contributed by atoms with Gasteiger partial charge in [0.1, 0.15) is 16.8 Å². The van der Waals surface area contributed by atoms with Gasteiger partial charge in [-0.05, 0) is 31.2 Å². The highest BCUT2D eigenvalue weighted by Gasteiger charge is 2.35. The number of para-hydroxylation sites is 1. The normalized spacial score (nSPS) is 16.7. The van der Waals surface area contributed by atoms with Crippen molar-refractivity contribution in [1.29, 1.82) is 5.26 Å². The SMILES string of the molecule is C[C@H](C(=O)Nc1ccccc1C#N)[NH+]1CCN(S(=O)(=O)c2ccccc2F)CC1. The lowest BCUT2D eigenvalue weighted by molar-refractivity contribution is -0.917. The number of piperazine rings is 1. The molecular formula is C20H22FN4O3S+. The van der Waals surface area contributed by atoms with Crippen LogP contribution in [0.5, 0.6) is 0 Å². The van der Waals surface area contributed by atoms with Crippen LogP contribution in [0.2, 0.25) is 0 Å². The molecule has 0 radical (unpaired) electrons. The largest absolute Gasteiger partial charge is 0.323 e. The Morgan fingerprint density at radius 1 is 1.17 bits per heavy atom. The van der Waals surface area contributed by atoms with Gasteiger partial charge in [-0.2, -0.15) is 9.57 Å². The van der Waals surface area contributed by atoms with Crippen molar-refractivity contribution < 1.29 is 22.5 Å². The molecule has 0 aliphatic carbocycles. The van der Waals surface area contributed by atoms with Crippen LogP contribution in [0, 0.1) is 17.1 Å². The van der Waals surface area contributed by atoms with Gasteiger partial charge in [0, 0.05) is 0 Å². The first kappa shape index (κ1) is 20.9. The molecule has 1 aliphatic rings. The molecular weight excluding hydrogens is 395 g/mol. The highest BCUT2D eigenvalue weighted by molar-refractivity contribution is 7.89. The number of nitrogens with zero attached hydrogens (tertiary/aromatic N) is 2. The Morgan fingerprint density at radius 2 is 1.79 bits per heavy atom. The van der Waals surface area contributed by atoms with Gasteiger partial charge in [-0.15, -0.1) is 0 Å². The van der Waals surface area contributed by atoms with E-state index in [0.29, 0.717) is 24.3 Å². The third kappa shape index (κ3) is 4.45. The summed E-state index contributed by atoms with van der Waals surface area (Å²) >= 11 is 0. The van der Waals surface area contributed by atoms with Crippen molar-refractivity contribution in [1.82, 2.24) is 4.31 Å². The minimum absolute atomic E-state index is 0.193. The van der Waals surface area contributed by atoms with E-state index >= 15 is 0 Å². The number of nitriles is 1. The first-order chi connectivity index (χ1) is 13.8. The van der Waals surface area contributed by atoms with Crippen LogP contribution in [0.1, 0.15) is 12.5 Å². The second-order valence-electron chi connectivity index (χ2n) is 6.86. The van der Waals surface area contributed by atoms with Crippen LogP contribution in [-0.4, -0.2) is 50.9 Å². The van der Waals surface area contributed by atoms with Gasteiger partial charge in [0.15, 0.2) is 6.04 Å². The standard InChI is InChI=1S/C20H21FN4O3S/c1-15(20(26)23-18-8-4-2-6-16(18)14-22)24-10-12-25(13-11-24)29(27,28)19-9-5-3-7-17(19)21/h2-9,15H,10-13H2,1H3,(H,23,26)/p+1/t15-/m1/s1. The van der Waals surface area contributed by atoms with E-state index in [-0.39, 0.29) is 23.9 Å². The predicted molar refractivity (Wildman–Crippen MR) is 105 cm³/mol. The number of rotatable bonds is 5. The Balaban J connectivity index is 1.64. The van der Waals surface area contributed by atoms with E-state index in [1.165, 1.54) is 22.5 Å². The number of halogens is 1. The Bertz CT molecular complexity index is 1040. The van der Waals surface area contributed by atoms with E-state index in [4.69, 9.17) is 5.26 Å². The van der Waals surface area contributed by atoms with Gasteiger partial charge >= 0.3 is 0 Å². The Morgan fingerprint density at radius 3 is 2.45 bits per heavy atom. The van der Waals surface area contributed by atoms with Crippen LogP contribution in [0.25, 0.3) is 0 Å². The summed E-state index contributed by atoms with van der Waals surface area (Å²) in [7, 11) is -3.91. The summed E-state index contributed by atoms with van der Waals surface area (Å²) in [6.07, 6.45) is 0. The third-order valence-corrected chi connectivity index (χ3v) is 7.06. The van der Waals surface area contributed by atoms with E-state index in [0.717, 1.165) is 11.0 Å². The van der Waals surface area contributed by atoms with Crippen LogP contribution >= 0.6 is 0 Å². The quantitative estimate of drug-likeness (QED) is 0.746. The molecule has 1 amide bonds. The molecule has 152 valence electrons. The number of nitrogens with one attached hydrogen (secondary N) is 2. The molecule has 1 heterocycles. The summed E-state index contributed by atoms with van der Waals surface area (Å²) in [6.45, 7) is 2.99. The molecule has 0 spiro atoms. The first-order valence-electron chi connectivity index (χ1n) is 9.24. The van der Waals surface area contributed by atoms with Crippen molar-refractivity contribution in [2.45, 2.75) is 17.9 Å². The van der Waals surface area contributed by atoms with Gasteiger partial charge in [-0.1, -0.05) is 24.3 Å². The van der Waals surface area contributed by atoms with Gasteiger partial charge in [-0.3, -0.25) is 4.79 Å². The van der Waals surface area contributed by atoms with E-state index in [1.807, 2.05) is 6.07 Å². The number of amides is 1. The number of sulfonamides is 1. The van der Waals surface area contributed by atoms with E-state index in [1.54, 1.807) is 31.2 Å². The van der Waals surface area contributed by atoms with Gasteiger partial charge < -0.3 is 10.2 Å². The van der Waals surface area contributed by atoms with Gasteiger partial charge in [0.2, 0.25) is 10.0 Å². The monoisotopic (exact) mass is 417 g/mol. The lowest BCUT2D eigenvalue weighted by Gasteiger charge is -2.34. The van der Waals surface area contributed by atoms with Crippen LogP contribution in [-0.2, 0) is 14.8 Å². The zero-order valence-corrected chi connectivity index (χ0v) is 16.7. The van der Waals surface area contributed by atoms with E-state index < -0.39 is 21.9 Å². The molecule has 1 saturated heterocycles. The minimum atomic E-state index is -3.91. The summed E-state index contributed by atoms with van der Waals surface area (Å²) in [5.41, 5.74) is 0.830. The van der Waals surface area contributed by atoms with Crippen molar-refractivity contribution in [3.63, 3.8) is 0 Å². The molecule has 0 saturated carbocycles.